The number of quaternary nitrogens is 1. The third-order valence-electron chi connectivity index (χ3n) is 15.5. The first-order chi connectivity index (χ1) is 37.5. The minimum absolute atomic E-state index is 0.0352. The normalized spacial score (nSPS) is 13.2. The highest BCUT2D eigenvalue weighted by molar-refractivity contribution is 7.47. The number of unbranched alkanes of at least 4 members (excludes halogenated alkanes) is 48. The first kappa shape index (κ1) is 75.8. The van der Waals surface area contributed by atoms with E-state index in [1.807, 2.05) is 21.1 Å². The number of carbonyl (C=O) groups excluding carboxylic acids is 2. The lowest BCUT2D eigenvalue weighted by molar-refractivity contribution is -0.870. The van der Waals surface area contributed by atoms with Gasteiger partial charge < -0.3 is 18.9 Å². The second-order valence-corrected chi connectivity index (χ2v) is 26.0. The van der Waals surface area contributed by atoms with Crippen LogP contribution in [0, 0.1) is 0 Å². The summed E-state index contributed by atoms with van der Waals surface area (Å²) in [5.74, 6) is -0.777. The number of allylic oxidation sites excluding steroid dienone is 2. The van der Waals surface area contributed by atoms with E-state index >= 15 is 0 Å². The highest BCUT2D eigenvalue weighted by atomic mass is 31.2. The summed E-state index contributed by atoms with van der Waals surface area (Å²) in [5, 5.41) is 0. The summed E-state index contributed by atoms with van der Waals surface area (Å²) in [7, 11) is 1.50. The van der Waals surface area contributed by atoms with E-state index in [1.54, 1.807) is 0 Å². The van der Waals surface area contributed by atoms with E-state index in [0.717, 1.165) is 32.1 Å². The van der Waals surface area contributed by atoms with Gasteiger partial charge >= 0.3 is 19.8 Å². The summed E-state index contributed by atoms with van der Waals surface area (Å²) in [4.78, 5) is 35.8. The molecule has 0 amide bonds. The Morgan fingerprint density at radius 3 is 0.961 bits per heavy atom. The molecule has 77 heavy (non-hydrogen) atoms. The van der Waals surface area contributed by atoms with Crippen LogP contribution >= 0.6 is 7.82 Å². The summed E-state index contributed by atoms with van der Waals surface area (Å²) < 4.78 is 34.7. The van der Waals surface area contributed by atoms with E-state index in [2.05, 4.69) is 26.0 Å². The number of carbonyl (C=O) groups is 2. The Balaban J connectivity index is 3.97. The molecule has 0 heterocycles. The number of hydrogen-bond acceptors (Lipinski definition) is 7. The second-order valence-electron chi connectivity index (χ2n) is 24.6. The Bertz CT molecular complexity index is 1300. The molecule has 0 aromatic heterocycles. The van der Waals surface area contributed by atoms with Crippen LogP contribution in [0.25, 0.3) is 0 Å². The van der Waals surface area contributed by atoms with Crippen LogP contribution in [-0.4, -0.2) is 74.9 Å². The predicted octanol–water partition coefficient (Wildman–Crippen LogP) is 21.6. The Labute approximate surface area is 479 Å². The number of ether oxygens (including phenoxy) is 2. The molecule has 1 N–H and O–H groups in total. The smallest absolute Gasteiger partial charge is 0.462 e. The van der Waals surface area contributed by atoms with Crippen LogP contribution in [0.3, 0.4) is 0 Å². The molecule has 0 aromatic carbocycles. The molecule has 0 aliphatic carbocycles. The molecule has 458 valence electrons. The fourth-order valence-electron chi connectivity index (χ4n) is 10.3. The van der Waals surface area contributed by atoms with Crippen LogP contribution in [0.15, 0.2) is 12.2 Å². The quantitative estimate of drug-likeness (QED) is 0.0211. The first-order valence-electron chi connectivity index (χ1n) is 33.9. The van der Waals surface area contributed by atoms with Crippen LogP contribution < -0.4 is 0 Å². The van der Waals surface area contributed by atoms with Gasteiger partial charge in [0.2, 0.25) is 0 Å². The van der Waals surface area contributed by atoms with Gasteiger partial charge in [-0.3, -0.25) is 18.6 Å². The summed E-state index contributed by atoms with van der Waals surface area (Å²) in [6.07, 6.45) is 71.8. The van der Waals surface area contributed by atoms with E-state index < -0.39 is 26.5 Å². The molecular formula is C67H133NO8P+. The van der Waals surface area contributed by atoms with Crippen molar-refractivity contribution < 1.29 is 42.1 Å². The van der Waals surface area contributed by atoms with Crippen molar-refractivity contribution in [2.45, 2.75) is 360 Å². The van der Waals surface area contributed by atoms with Gasteiger partial charge in [0.25, 0.3) is 0 Å². The average molecular weight is 1110 g/mol. The number of phosphoric acid groups is 1. The molecule has 2 atom stereocenters. The van der Waals surface area contributed by atoms with Crippen LogP contribution in [-0.2, 0) is 32.7 Å². The van der Waals surface area contributed by atoms with E-state index in [9.17, 15) is 19.0 Å². The topological polar surface area (TPSA) is 108 Å². The number of likely N-dealkylation sites (N-methyl/N-ethyl adjacent to an activating group) is 1. The van der Waals surface area contributed by atoms with Gasteiger partial charge in [0.1, 0.15) is 19.8 Å². The summed E-state index contributed by atoms with van der Waals surface area (Å²) in [5.41, 5.74) is 0. The summed E-state index contributed by atoms with van der Waals surface area (Å²) in [6, 6.07) is 0. The highest BCUT2D eigenvalue weighted by Crippen LogP contribution is 2.43. The van der Waals surface area contributed by atoms with Crippen LogP contribution in [0.2, 0.25) is 0 Å². The maximum Gasteiger partial charge on any atom is 0.472 e. The van der Waals surface area contributed by atoms with Gasteiger partial charge in [-0.2, -0.15) is 0 Å². The third kappa shape index (κ3) is 63.8. The molecule has 2 unspecified atom stereocenters. The van der Waals surface area contributed by atoms with E-state index in [0.29, 0.717) is 23.9 Å². The van der Waals surface area contributed by atoms with Crippen molar-refractivity contribution in [1.29, 1.82) is 0 Å². The van der Waals surface area contributed by atoms with Gasteiger partial charge in [-0.05, 0) is 38.5 Å². The van der Waals surface area contributed by atoms with E-state index in [-0.39, 0.29) is 25.6 Å². The largest absolute Gasteiger partial charge is 0.472 e. The zero-order valence-electron chi connectivity index (χ0n) is 52.2. The lowest BCUT2D eigenvalue weighted by Gasteiger charge is -2.24. The Morgan fingerprint density at radius 2 is 0.662 bits per heavy atom. The number of rotatable bonds is 64. The van der Waals surface area contributed by atoms with Crippen molar-refractivity contribution >= 4 is 19.8 Å². The number of hydrogen-bond donors (Lipinski definition) is 1. The van der Waals surface area contributed by atoms with Crippen molar-refractivity contribution in [3.8, 4) is 0 Å². The van der Waals surface area contributed by atoms with E-state index in [4.69, 9.17) is 18.5 Å². The Hall–Kier alpha value is -1.25. The van der Waals surface area contributed by atoms with Crippen molar-refractivity contribution in [3.05, 3.63) is 12.2 Å². The van der Waals surface area contributed by atoms with Crippen molar-refractivity contribution in [1.82, 2.24) is 0 Å². The molecule has 0 aromatic rings. The van der Waals surface area contributed by atoms with Gasteiger partial charge in [0.15, 0.2) is 6.10 Å². The van der Waals surface area contributed by atoms with Gasteiger partial charge in [-0.15, -0.1) is 0 Å². The first-order valence-corrected chi connectivity index (χ1v) is 35.4. The van der Waals surface area contributed by atoms with Crippen molar-refractivity contribution in [3.63, 3.8) is 0 Å². The number of nitrogens with zero attached hydrogens (tertiary/aromatic N) is 1. The molecule has 0 bridgehead atoms. The maximum atomic E-state index is 12.8. The van der Waals surface area contributed by atoms with Crippen LogP contribution in [0.4, 0.5) is 0 Å². The van der Waals surface area contributed by atoms with Crippen LogP contribution in [0.5, 0.6) is 0 Å². The summed E-state index contributed by atoms with van der Waals surface area (Å²) in [6.45, 7) is 4.51. The fraction of sp³-hybridized carbons (Fsp3) is 0.940. The Kier molecular flexibility index (Phi) is 58.4. The molecule has 0 aliphatic rings. The summed E-state index contributed by atoms with van der Waals surface area (Å²) >= 11 is 0. The zero-order valence-corrected chi connectivity index (χ0v) is 53.1. The van der Waals surface area contributed by atoms with Gasteiger partial charge in [0, 0.05) is 12.8 Å². The minimum Gasteiger partial charge on any atom is -0.462 e. The molecule has 10 heteroatoms. The molecular weight excluding hydrogens is 978 g/mol. The fourth-order valence-corrected chi connectivity index (χ4v) is 11.1. The standard InChI is InChI=1S/C67H132NO8P/c1-6-8-10-12-14-16-18-20-22-24-26-28-29-30-31-32-33-34-35-36-37-38-40-41-43-45-47-49-51-53-55-57-59-66(69)73-63-65(64-75-77(71,72)74-62-61-68(3,4)5)76-67(70)60-58-56-54-52-50-48-46-44-42-39-27-25-23-21-19-17-15-13-11-9-7-2/h25,27,65H,6-24,26,28-64H2,1-5H3/p+1/b27-25-. The molecule has 0 aliphatic heterocycles. The highest BCUT2D eigenvalue weighted by Gasteiger charge is 2.27. The molecule has 9 nitrogen and oxygen atoms in total. The SMILES string of the molecule is CCCCCCCCCC/C=C\CCCCCCCCCCCC(=O)OC(COC(=O)CCCCCCCCCCCCCCCCCCCCCCCCCCCCCCCCCC)COP(=O)(O)OCC[N+](C)(C)C. The van der Waals surface area contributed by atoms with Gasteiger partial charge in [0.05, 0.1) is 27.7 Å². The number of phosphoric ester groups is 1. The predicted molar refractivity (Wildman–Crippen MR) is 331 cm³/mol. The maximum absolute atomic E-state index is 12.8. The van der Waals surface area contributed by atoms with Gasteiger partial charge in [-0.1, -0.05) is 315 Å². The molecule has 0 spiro atoms. The van der Waals surface area contributed by atoms with Crippen molar-refractivity contribution in [2.75, 3.05) is 47.5 Å². The molecule has 0 saturated heterocycles. The molecule has 0 radical (unpaired) electrons. The molecule has 0 rings (SSSR count). The molecule has 0 fully saturated rings. The van der Waals surface area contributed by atoms with Crippen LogP contribution in [0.1, 0.15) is 354 Å². The van der Waals surface area contributed by atoms with E-state index in [1.165, 1.54) is 289 Å². The monoisotopic (exact) mass is 1110 g/mol. The lowest BCUT2D eigenvalue weighted by Crippen LogP contribution is -2.37. The third-order valence-corrected chi connectivity index (χ3v) is 16.5. The van der Waals surface area contributed by atoms with Crippen molar-refractivity contribution in [2.24, 2.45) is 0 Å². The lowest BCUT2D eigenvalue weighted by atomic mass is 10.0. The minimum atomic E-state index is -4.38. The number of esters is 2. The molecule has 0 saturated carbocycles. The Morgan fingerprint density at radius 1 is 0.390 bits per heavy atom. The zero-order chi connectivity index (χ0) is 56.3. The average Bonchev–Trinajstić information content (AvgIpc) is 3.39. The van der Waals surface area contributed by atoms with Gasteiger partial charge in [-0.25, -0.2) is 4.57 Å². The second kappa shape index (κ2) is 59.4.